The number of aliphatic hydroxyl groups is 3. The van der Waals surface area contributed by atoms with E-state index in [0.29, 0.717) is 68.4 Å². The van der Waals surface area contributed by atoms with E-state index in [1.165, 1.54) is 12.0 Å². The number of amides is 1. The zero-order valence-electron chi connectivity index (χ0n) is 46.1. The Labute approximate surface area is 449 Å². The summed E-state index contributed by atoms with van der Waals surface area (Å²) in [4.78, 5) is 79.9. The summed E-state index contributed by atoms with van der Waals surface area (Å²) in [5, 5.41) is 36.9. The molecule has 3 N–H and O–H groups in total. The molecule has 0 radical (unpaired) electrons. The van der Waals surface area contributed by atoms with E-state index in [2.05, 4.69) is 6.08 Å². The minimum Gasteiger partial charge on any atom is -0.460 e. The lowest BCUT2D eigenvalue weighted by atomic mass is 9.78. The van der Waals surface area contributed by atoms with Crippen LogP contribution in [-0.4, -0.2) is 144 Å². The molecular formula is C58H85ClN2O14. The molecule has 418 valence electrons. The summed E-state index contributed by atoms with van der Waals surface area (Å²) in [6, 6.07) is 4.13. The Morgan fingerprint density at radius 1 is 0.853 bits per heavy atom. The van der Waals surface area contributed by atoms with Gasteiger partial charge in [-0.15, -0.1) is 0 Å². The lowest BCUT2D eigenvalue weighted by Gasteiger charge is -2.43. The number of halogens is 1. The molecule has 17 heteroatoms. The number of benzene rings is 1. The number of rotatable bonds is 7. The molecule has 0 spiro atoms. The minimum absolute atomic E-state index is 0.0650. The summed E-state index contributed by atoms with van der Waals surface area (Å²) in [6.07, 6.45) is 6.19. The Kier molecular flexibility index (Phi) is 21.5. The smallest absolute Gasteiger partial charge is 0.329 e. The van der Waals surface area contributed by atoms with Crippen molar-refractivity contribution in [1.82, 2.24) is 4.90 Å². The highest BCUT2D eigenvalue weighted by Gasteiger charge is 2.53. The average molecular weight is 1070 g/mol. The van der Waals surface area contributed by atoms with E-state index in [0.717, 1.165) is 16.8 Å². The first-order valence-corrected chi connectivity index (χ1v) is 27.6. The van der Waals surface area contributed by atoms with Crippen molar-refractivity contribution in [2.75, 3.05) is 32.9 Å². The van der Waals surface area contributed by atoms with Crippen LogP contribution < -0.4 is 5.06 Å². The molecule has 3 fully saturated rings. The molecule has 75 heavy (non-hydrogen) atoms. The number of aryl methyl sites for hydroxylation is 1. The molecule has 1 aromatic carbocycles. The molecule has 16 nitrogen and oxygen atoms in total. The van der Waals surface area contributed by atoms with Gasteiger partial charge in [-0.05, 0) is 144 Å². The van der Waals surface area contributed by atoms with Crippen molar-refractivity contribution < 1.29 is 67.8 Å². The number of hydrogen-bond acceptors (Lipinski definition) is 15. The van der Waals surface area contributed by atoms with Crippen molar-refractivity contribution >= 4 is 46.5 Å². The second-order valence-corrected chi connectivity index (χ2v) is 22.9. The SMILES string of the molecule is CO[C@H]1C[C@@H]2CC[C@@H](C)[C@@](O)(O2)C(=O)C(=O)N2CCCC[C@H]2C(=O)O[C@H]([C@H](C)C[C@@H]2CC[C@@H](O)[C@H](OC)C2)CC(=O)[C@H](C)C=C(C)[C@@H](O)[C@@H](OC)C(=O)[C@H](C)C[C@H](C)C2C=CC(C=C1C)ON2c1ccc(Cl)c(C)c1. The Bertz CT molecular complexity index is 2270. The number of esters is 1. The summed E-state index contributed by atoms with van der Waals surface area (Å²) < 4.78 is 29.9. The van der Waals surface area contributed by atoms with E-state index in [-0.39, 0.29) is 67.3 Å². The maximum Gasteiger partial charge on any atom is 0.329 e. The van der Waals surface area contributed by atoms with Crippen molar-refractivity contribution in [3.63, 3.8) is 0 Å². The largest absolute Gasteiger partial charge is 0.460 e. The molecule has 0 aromatic heterocycles. The normalized spacial score (nSPS) is 37.2. The van der Waals surface area contributed by atoms with Crippen molar-refractivity contribution in [2.24, 2.45) is 35.5 Å². The molecule has 1 amide bonds. The van der Waals surface area contributed by atoms with Crippen LogP contribution in [0, 0.1) is 42.4 Å². The van der Waals surface area contributed by atoms with Crippen LogP contribution in [0.1, 0.15) is 131 Å². The third kappa shape index (κ3) is 14.5. The fraction of sp³-hybridized carbons (Fsp3) is 0.707. The predicted molar refractivity (Wildman–Crippen MR) is 283 cm³/mol. The number of ether oxygens (including phenoxy) is 5. The second-order valence-electron chi connectivity index (χ2n) is 22.5. The molecule has 1 saturated carbocycles. The van der Waals surface area contributed by atoms with Crippen LogP contribution >= 0.6 is 11.6 Å². The molecule has 4 bridgehead atoms. The number of fused-ring (bicyclic) bond motifs is 16. The molecule has 2 unspecified atom stereocenters. The second kappa shape index (κ2) is 26.7. The van der Waals surface area contributed by atoms with Gasteiger partial charge in [0.05, 0.1) is 36.1 Å². The number of piperidine rings is 1. The van der Waals surface area contributed by atoms with Gasteiger partial charge in [0.2, 0.25) is 5.79 Å². The van der Waals surface area contributed by atoms with Gasteiger partial charge in [0, 0.05) is 63.5 Å². The Morgan fingerprint density at radius 2 is 1.59 bits per heavy atom. The average Bonchev–Trinajstić information content (AvgIpc) is 3.39. The number of aliphatic hydroxyl groups excluding tert-OH is 2. The monoisotopic (exact) mass is 1070 g/mol. The van der Waals surface area contributed by atoms with Crippen molar-refractivity contribution in [1.29, 1.82) is 0 Å². The summed E-state index contributed by atoms with van der Waals surface area (Å²) >= 11 is 6.49. The number of Topliss-reactive ketones (excluding diaryl/α,β-unsaturated/α-hetero) is 3. The van der Waals surface area contributed by atoms with E-state index in [4.69, 9.17) is 40.1 Å². The minimum atomic E-state index is -2.49. The van der Waals surface area contributed by atoms with Crippen molar-refractivity contribution in [3.05, 3.63) is 64.2 Å². The zero-order valence-corrected chi connectivity index (χ0v) is 46.8. The molecular weight excluding hydrogens is 984 g/mol. The van der Waals surface area contributed by atoms with E-state index in [1.54, 1.807) is 41.1 Å². The van der Waals surface area contributed by atoms with Gasteiger partial charge in [-0.25, -0.2) is 9.86 Å². The molecule has 5 heterocycles. The maximum atomic E-state index is 14.5. The van der Waals surface area contributed by atoms with Gasteiger partial charge in [-0.1, -0.05) is 64.4 Å². The number of anilines is 1. The first-order chi connectivity index (χ1) is 35.5. The summed E-state index contributed by atoms with van der Waals surface area (Å²) in [5.41, 5.74) is 2.76. The number of methoxy groups -OCH3 is 3. The Balaban J connectivity index is 1.36. The van der Waals surface area contributed by atoms with Gasteiger partial charge < -0.3 is 43.9 Å². The van der Waals surface area contributed by atoms with Crippen LogP contribution in [0.4, 0.5) is 5.69 Å². The van der Waals surface area contributed by atoms with Gasteiger partial charge in [0.25, 0.3) is 11.7 Å². The van der Waals surface area contributed by atoms with E-state index in [1.807, 2.05) is 70.0 Å². The fourth-order valence-corrected chi connectivity index (χ4v) is 12.1. The summed E-state index contributed by atoms with van der Waals surface area (Å²) in [5.74, 6) is -8.58. The highest BCUT2D eigenvalue weighted by Crippen LogP contribution is 2.39. The number of ketones is 3. The molecule has 1 aromatic rings. The number of nitrogens with zero attached hydrogens (tertiary/aromatic N) is 2. The molecule has 17 atom stereocenters. The fourth-order valence-electron chi connectivity index (χ4n) is 12.0. The van der Waals surface area contributed by atoms with Crippen LogP contribution in [0.25, 0.3) is 0 Å². The van der Waals surface area contributed by atoms with Gasteiger partial charge in [-0.2, -0.15) is 0 Å². The van der Waals surface area contributed by atoms with Crippen LogP contribution in [0.5, 0.6) is 0 Å². The number of hydrogen-bond donors (Lipinski definition) is 3. The van der Waals surface area contributed by atoms with Gasteiger partial charge in [0.15, 0.2) is 5.78 Å². The van der Waals surface area contributed by atoms with Crippen molar-refractivity contribution in [2.45, 2.75) is 199 Å². The van der Waals surface area contributed by atoms with E-state index < -0.39 is 90.0 Å². The van der Waals surface area contributed by atoms with Gasteiger partial charge in [-0.3, -0.25) is 24.0 Å². The molecule has 6 aliphatic rings. The maximum absolute atomic E-state index is 14.5. The topological polar surface area (TPSA) is 208 Å². The van der Waals surface area contributed by atoms with E-state index in [9.17, 15) is 39.3 Å². The van der Waals surface area contributed by atoms with Crippen LogP contribution in [-0.2, 0) is 52.5 Å². The third-order valence-electron chi connectivity index (χ3n) is 16.9. The Morgan fingerprint density at radius 3 is 2.27 bits per heavy atom. The highest BCUT2D eigenvalue weighted by atomic mass is 35.5. The number of hydroxylamine groups is 1. The van der Waals surface area contributed by atoms with Crippen LogP contribution in [0.15, 0.2) is 53.6 Å². The van der Waals surface area contributed by atoms with Gasteiger partial charge in [0.1, 0.15) is 36.2 Å². The number of allylic oxidation sites excluding steroid dienone is 1. The highest BCUT2D eigenvalue weighted by molar-refractivity contribution is 6.39. The molecule has 2 saturated heterocycles. The number of carbonyl (C=O) groups excluding carboxylic acids is 5. The van der Waals surface area contributed by atoms with Gasteiger partial charge >= 0.3 is 5.97 Å². The standard InChI is InChI=1S/C58H85ClN2O14/c1-32-27-41(17-20-44(32)59)61-45-21-19-43(75-61)28-36(5)49(70-9)30-42-18-15-39(8)58(69,74-42)55(66)56(67)60-23-13-12-14-46(60)57(68)73-50(35(4)26-40-16-22-47(62)51(29-40)71-10)31-48(63)34(3)25-38(7)53(65)54(72-11)52(64)37(6)24-33(45)2/h17,19-21,25,27-28,33-35,37,39-40,42-43,45-47,49-51,53-54,62,65,69H,12-16,18,22-24,26,29-31H2,1-11H3/t33-,34+,35+,37+,39+,40-,42-,43?,45?,46-,47+,49-,50-,51+,53+,54-,58+/m0/s1. The van der Waals surface area contributed by atoms with E-state index >= 15 is 0 Å². The first kappa shape index (κ1) is 60.4. The van der Waals surface area contributed by atoms with Crippen molar-refractivity contribution in [3.8, 4) is 0 Å². The molecule has 1 aliphatic carbocycles. The Hall–Kier alpha value is -3.84. The van der Waals surface area contributed by atoms with Crippen LogP contribution in [0.3, 0.4) is 0 Å². The third-order valence-corrected chi connectivity index (χ3v) is 17.3. The number of carbonyl (C=O) groups is 5. The first-order valence-electron chi connectivity index (χ1n) is 27.3. The quantitative estimate of drug-likeness (QED) is 0.135. The zero-order chi connectivity index (χ0) is 55.1. The molecule has 5 aliphatic heterocycles. The lowest BCUT2D eigenvalue weighted by molar-refractivity contribution is -0.265. The molecule has 7 rings (SSSR count). The predicted octanol–water partition coefficient (Wildman–Crippen LogP) is 7.78. The van der Waals surface area contributed by atoms with Crippen LogP contribution in [0.2, 0.25) is 5.02 Å². The summed E-state index contributed by atoms with van der Waals surface area (Å²) in [6.45, 7) is 14.6. The summed E-state index contributed by atoms with van der Waals surface area (Å²) in [7, 11) is 4.51. The lowest BCUT2D eigenvalue weighted by Crippen LogP contribution is -2.61.